The van der Waals surface area contributed by atoms with Crippen LogP contribution in [0.1, 0.15) is 30.9 Å². The van der Waals surface area contributed by atoms with Gasteiger partial charge in [0.2, 0.25) is 15.9 Å². The van der Waals surface area contributed by atoms with Crippen molar-refractivity contribution < 1.29 is 13.2 Å². The Morgan fingerprint density at radius 3 is 2.52 bits per heavy atom. The van der Waals surface area contributed by atoms with Gasteiger partial charge in [0.05, 0.1) is 11.9 Å². The second-order valence-corrected chi connectivity index (χ2v) is 7.02. The zero-order valence-electron chi connectivity index (χ0n) is 13.1. The van der Waals surface area contributed by atoms with Gasteiger partial charge in [-0.15, -0.1) is 0 Å². The molecular weight excluding hydrogens is 288 g/mol. The van der Waals surface area contributed by atoms with E-state index in [-0.39, 0.29) is 5.91 Å². The Labute approximate surface area is 127 Å². The summed E-state index contributed by atoms with van der Waals surface area (Å²) in [4.78, 5) is 11.5. The van der Waals surface area contributed by atoms with E-state index in [0.717, 1.165) is 11.1 Å². The molecule has 0 radical (unpaired) electrons. The molecule has 5 nitrogen and oxygen atoms in total. The molecule has 0 fully saturated rings. The Morgan fingerprint density at radius 1 is 1.29 bits per heavy atom. The number of rotatable bonds is 7. The predicted octanol–water partition coefficient (Wildman–Crippen LogP) is 1.99. The molecule has 21 heavy (non-hydrogen) atoms. The molecule has 0 unspecified atom stereocenters. The van der Waals surface area contributed by atoms with Crippen LogP contribution in [0.5, 0.6) is 0 Å². The smallest absolute Gasteiger partial charge is 0.232 e. The Hall–Kier alpha value is -1.56. The van der Waals surface area contributed by atoms with Gasteiger partial charge in [0.25, 0.3) is 0 Å². The molecule has 0 aliphatic rings. The molecule has 1 aromatic carbocycles. The highest BCUT2D eigenvalue weighted by Gasteiger charge is 2.19. The second-order valence-electron chi connectivity index (χ2n) is 5.11. The van der Waals surface area contributed by atoms with E-state index in [2.05, 4.69) is 5.32 Å². The van der Waals surface area contributed by atoms with Crippen LogP contribution in [0.4, 0.5) is 5.69 Å². The first kappa shape index (κ1) is 17.5. The van der Waals surface area contributed by atoms with E-state index in [1.54, 1.807) is 6.07 Å². The average molecular weight is 312 g/mol. The van der Waals surface area contributed by atoms with E-state index in [1.807, 2.05) is 32.9 Å². The fourth-order valence-corrected chi connectivity index (χ4v) is 3.16. The van der Waals surface area contributed by atoms with E-state index in [9.17, 15) is 13.2 Å². The minimum absolute atomic E-state index is 0.0492. The standard InChI is InChI=1S/C15H24N2O3S/c1-5-16-15(18)10-7-11-17(21(4,19)20)14-9-6-8-12(2)13(14)3/h6,8-9H,5,7,10-11H2,1-4H3,(H,16,18). The molecule has 0 atom stereocenters. The fourth-order valence-electron chi connectivity index (χ4n) is 2.14. The van der Waals surface area contributed by atoms with Gasteiger partial charge >= 0.3 is 0 Å². The fraction of sp³-hybridized carbons (Fsp3) is 0.533. The third-order valence-electron chi connectivity index (χ3n) is 3.38. The summed E-state index contributed by atoms with van der Waals surface area (Å²) in [5.41, 5.74) is 2.68. The first-order valence-corrected chi connectivity index (χ1v) is 8.92. The molecule has 0 heterocycles. The topological polar surface area (TPSA) is 66.5 Å². The molecule has 0 saturated heterocycles. The molecule has 0 aromatic heterocycles. The zero-order chi connectivity index (χ0) is 16.0. The van der Waals surface area contributed by atoms with Gasteiger partial charge in [-0.2, -0.15) is 0 Å². The maximum atomic E-state index is 12.0. The highest BCUT2D eigenvalue weighted by Crippen LogP contribution is 2.25. The number of benzene rings is 1. The number of sulfonamides is 1. The maximum absolute atomic E-state index is 12.0. The first-order valence-electron chi connectivity index (χ1n) is 7.08. The minimum Gasteiger partial charge on any atom is -0.356 e. The van der Waals surface area contributed by atoms with E-state index in [1.165, 1.54) is 10.6 Å². The summed E-state index contributed by atoms with van der Waals surface area (Å²) in [7, 11) is -3.37. The van der Waals surface area contributed by atoms with Crippen LogP contribution in [0.2, 0.25) is 0 Å². The van der Waals surface area contributed by atoms with Crippen LogP contribution >= 0.6 is 0 Å². The van der Waals surface area contributed by atoms with E-state index in [0.29, 0.717) is 31.6 Å². The Kier molecular flexibility index (Phi) is 6.20. The number of carbonyl (C=O) groups is 1. The predicted molar refractivity (Wildman–Crippen MR) is 86.0 cm³/mol. The highest BCUT2D eigenvalue weighted by molar-refractivity contribution is 7.92. The van der Waals surface area contributed by atoms with E-state index in [4.69, 9.17) is 0 Å². The summed E-state index contributed by atoms with van der Waals surface area (Å²) < 4.78 is 25.4. The minimum atomic E-state index is -3.37. The number of hydrogen-bond acceptors (Lipinski definition) is 3. The zero-order valence-corrected chi connectivity index (χ0v) is 14.0. The molecule has 1 N–H and O–H groups in total. The van der Waals surface area contributed by atoms with Gasteiger partial charge in [-0.05, 0) is 44.4 Å². The number of carbonyl (C=O) groups excluding carboxylic acids is 1. The van der Waals surface area contributed by atoms with Crippen molar-refractivity contribution >= 4 is 21.6 Å². The number of nitrogens with one attached hydrogen (secondary N) is 1. The number of hydrogen-bond donors (Lipinski definition) is 1. The van der Waals surface area contributed by atoms with Crippen LogP contribution in [0.25, 0.3) is 0 Å². The second kappa shape index (κ2) is 7.45. The normalized spacial score (nSPS) is 11.2. The highest BCUT2D eigenvalue weighted by atomic mass is 32.2. The quantitative estimate of drug-likeness (QED) is 0.837. The van der Waals surface area contributed by atoms with Crippen LogP contribution in [0.15, 0.2) is 18.2 Å². The SMILES string of the molecule is CCNC(=O)CCCN(c1cccc(C)c1C)S(C)(=O)=O. The van der Waals surface area contributed by atoms with Crippen LogP contribution < -0.4 is 9.62 Å². The molecule has 1 amide bonds. The molecule has 118 valence electrons. The molecule has 1 rings (SSSR count). The van der Waals surface area contributed by atoms with Crippen LogP contribution in [-0.2, 0) is 14.8 Å². The lowest BCUT2D eigenvalue weighted by Gasteiger charge is -2.24. The van der Waals surface area contributed by atoms with Crippen molar-refractivity contribution in [3.05, 3.63) is 29.3 Å². The number of aryl methyl sites for hydroxylation is 1. The lowest BCUT2D eigenvalue weighted by atomic mass is 10.1. The van der Waals surface area contributed by atoms with Crippen molar-refractivity contribution in [2.24, 2.45) is 0 Å². The van der Waals surface area contributed by atoms with Gasteiger partial charge in [0, 0.05) is 19.5 Å². The van der Waals surface area contributed by atoms with Gasteiger partial charge in [0.1, 0.15) is 0 Å². The summed E-state index contributed by atoms with van der Waals surface area (Å²) in [6.45, 7) is 6.61. The van der Waals surface area contributed by atoms with Gasteiger partial charge in [-0.1, -0.05) is 12.1 Å². The third kappa shape index (κ3) is 5.04. The largest absolute Gasteiger partial charge is 0.356 e. The van der Waals surface area contributed by atoms with Crippen molar-refractivity contribution in [3.63, 3.8) is 0 Å². The summed E-state index contributed by atoms with van der Waals surface area (Å²) in [6.07, 6.45) is 2.01. The molecule has 0 aliphatic heterocycles. The lowest BCUT2D eigenvalue weighted by molar-refractivity contribution is -0.121. The molecule has 0 saturated carbocycles. The molecule has 0 aliphatic carbocycles. The van der Waals surface area contributed by atoms with Crippen molar-refractivity contribution in [3.8, 4) is 0 Å². The van der Waals surface area contributed by atoms with Crippen molar-refractivity contribution in [1.29, 1.82) is 0 Å². The van der Waals surface area contributed by atoms with Gasteiger partial charge < -0.3 is 5.32 Å². The third-order valence-corrected chi connectivity index (χ3v) is 4.56. The monoisotopic (exact) mass is 312 g/mol. The Morgan fingerprint density at radius 2 is 1.95 bits per heavy atom. The maximum Gasteiger partial charge on any atom is 0.232 e. The molecule has 0 spiro atoms. The van der Waals surface area contributed by atoms with Crippen molar-refractivity contribution in [2.45, 2.75) is 33.6 Å². The molecule has 1 aromatic rings. The number of amides is 1. The summed E-state index contributed by atoms with van der Waals surface area (Å²) in [6, 6.07) is 5.60. The molecular formula is C15H24N2O3S. The Bertz CT molecular complexity index is 597. The van der Waals surface area contributed by atoms with E-state index >= 15 is 0 Å². The van der Waals surface area contributed by atoms with Gasteiger partial charge in [-0.3, -0.25) is 9.10 Å². The molecule has 6 heteroatoms. The van der Waals surface area contributed by atoms with Crippen LogP contribution in [-0.4, -0.2) is 33.7 Å². The number of anilines is 1. The molecule has 0 bridgehead atoms. The van der Waals surface area contributed by atoms with Gasteiger partial charge in [0.15, 0.2) is 0 Å². The van der Waals surface area contributed by atoms with Gasteiger partial charge in [-0.25, -0.2) is 8.42 Å². The lowest BCUT2D eigenvalue weighted by Crippen LogP contribution is -2.32. The Balaban J connectivity index is 2.88. The van der Waals surface area contributed by atoms with E-state index < -0.39 is 10.0 Å². The van der Waals surface area contributed by atoms with Crippen molar-refractivity contribution in [2.75, 3.05) is 23.7 Å². The summed E-state index contributed by atoms with van der Waals surface area (Å²) >= 11 is 0. The van der Waals surface area contributed by atoms with Crippen LogP contribution in [0, 0.1) is 13.8 Å². The number of nitrogens with zero attached hydrogens (tertiary/aromatic N) is 1. The van der Waals surface area contributed by atoms with Crippen molar-refractivity contribution in [1.82, 2.24) is 5.32 Å². The summed E-state index contributed by atoms with van der Waals surface area (Å²) in [5.74, 6) is -0.0492. The summed E-state index contributed by atoms with van der Waals surface area (Å²) in [5, 5.41) is 2.71. The average Bonchev–Trinajstić information content (AvgIpc) is 2.37. The first-order chi connectivity index (χ1) is 9.77. The van der Waals surface area contributed by atoms with Crippen LogP contribution in [0.3, 0.4) is 0 Å².